The number of rotatable bonds is 6. The molecule has 10 nitrogen and oxygen atoms in total. The first kappa shape index (κ1) is 28.1. The van der Waals surface area contributed by atoms with E-state index in [2.05, 4.69) is 39.7 Å². The third-order valence-corrected chi connectivity index (χ3v) is 7.58. The van der Waals surface area contributed by atoms with Gasteiger partial charge in [-0.3, -0.25) is 9.69 Å². The smallest absolute Gasteiger partial charge is 0.410 e. The Balaban J connectivity index is 1.07. The average molecular weight is 580 g/mol. The number of carbonyl (C=O) groups is 3. The van der Waals surface area contributed by atoms with Gasteiger partial charge in [0.25, 0.3) is 0 Å². The summed E-state index contributed by atoms with van der Waals surface area (Å²) >= 11 is 0. The van der Waals surface area contributed by atoms with Crippen LogP contribution in [0.2, 0.25) is 0 Å². The Morgan fingerprint density at radius 3 is 2.30 bits per heavy atom. The second-order valence-electron chi connectivity index (χ2n) is 11.7. The molecular formula is C33H33N5O5. The van der Waals surface area contributed by atoms with Gasteiger partial charge in [0.15, 0.2) is 11.6 Å². The topological polar surface area (TPSA) is 116 Å². The predicted octanol–water partition coefficient (Wildman–Crippen LogP) is 5.57. The standard InChI is InChI=1S/C33H33N5O5/c1-33(2,3)43-31(40)21-14-15-29(34-19-21)38-18-16-28(36-38)35-30(39)27-13-8-17-37(27)32(41)42-20-26-24-11-6-4-9-22(24)23-10-5-7-12-25(23)26/h4-7,9-12,14-16,18-19,26-27H,8,13,17,20H2,1-3H3,(H,35,36,39)/t27-/m1/s1. The van der Waals surface area contributed by atoms with Gasteiger partial charge in [-0.25, -0.2) is 19.3 Å². The molecule has 2 aromatic carbocycles. The number of amides is 2. The normalized spacial score (nSPS) is 16.0. The van der Waals surface area contributed by atoms with Crippen molar-refractivity contribution in [2.24, 2.45) is 0 Å². The van der Waals surface area contributed by atoms with Crippen LogP contribution in [-0.2, 0) is 14.3 Å². The third kappa shape index (κ3) is 5.86. The summed E-state index contributed by atoms with van der Waals surface area (Å²) in [6, 6.07) is 20.6. The molecule has 0 bridgehead atoms. The molecule has 2 aliphatic rings. The summed E-state index contributed by atoms with van der Waals surface area (Å²) in [5.74, 6) is -0.0553. The molecule has 6 rings (SSSR count). The maximum atomic E-state index is 13.2. The van der Waals surface area contributed by atoms with Gasteiger partial charge in [-0.05, 0) is 68.0 Å². The van der Waals surface area contributed by atoms with E-state index in [1.165, 1.54) is 15.8 Å². The van der Waals surface area contributed by atoms with E-state index in [-0.39, 0.29) is 18.4 Å². The lowest BCUT2D eigenvalue weighted by molar-refractivity contribution is -0.120. The zero-order chi connectivity index (χ0) is 30.1. The summed E-state index contributed by atoms with van der Waals surface area (Å²) in [6.45, 7) is 6.04. The van der Waals surface area contributed by atoms with Gasteiger partial charge in [-0.1, -0.05) is 48.5 Å². The van der Waals surface area contributed by atoms with Crippen molar-refractivity contribution in [2.75, 3.05) is 18.5 Å². The number of likely N-dealkylation sites (tertiary alicyclic amines) is 1. The van der Waals surface area contributed by atoms with E-state index in [0.717, 1.165) is 22.3 Å². The van der Waals surface area contributed by atoms with Crippen LogP contribution in [0.25, 0.3) is 16.9 Å². The summed E-state index contributed by atoms with van der Waals surface area (Å²) in [4.78, 5) is 44.5. The molecular weight excluding hydrogens is 546 g/mol. The fourth-order valence-electron chi connectivity index (χ4n) is 5.64. The number of nitrogens with zero attached hydrogens (tertiary/aromatic N) is 4. The molecule has 2 aromatic heterocycles. The quantitative estimate of drug-likeness (QED) is 0.297. The SMILES string of the molecule is CC(C)(C)OC(=O)c1ccc(-n2ccc(NC(=O)[C@H]3CCCN3C(=O)OCC3c4ccccc4-c4ccccc43)n2)nc1. The number of nitrogens with one attached hydrogen (secondary N) is 1. The molecule has 4 aromatic rings. The van der Waals surface area contributed by atoms with Gasteiger partial charge in [0, 0.05) is 30.9 Å². The van der Waals surface area contributed by atoms with Crippen LogP contribution < -0.4 is 5.32 Å². The van der Waals surface area contributed by atoms with Crippen molar-refractivity contribution < 1.29 is 23.9 Å². The number of hydrogen-bond donors (Lipinski definition) is 1. The van der Waals surface area contributed by atoms with Gasteiger partial charge in [-0.2, -0.15) is 0 Å². The molecule has 1 saturated heterocycles. The zero-order valence-corrected chi connectivity index (χ0v) is 24.3. The average Bonchev–Trinajstić information content (AvgIpc) is 3.73. The number of aromatic nitrogens is 3. The molecule has 0 saturated carbocycles. The van der Waals surface area contributed by atoms with Crippen molar-refractivity contribution in [1.82, 2.24) is 19.7 Å². The van der Waals surface area contributed by atoms with Crippen molar-refractivity contribution in [3.63, 3.8) is 0 Å². The lowest BCUT2D eigenvalue weighted by Crippen LogP contribution is -2.43. The maximum Gasteiger partial charge on any atom is 0.410 e. The number of fused-ring (bicyclic) bond motifs is 3. The molecule has 3 heterocycles. The zero-order valence-electron chi connectivity index (χ0n) is 24.3. The Labute approximate surface area is 249 Å². The molecule has 43 heavy (non-hydrogen) atoms. The largest absolute Gasteiger partial charge is 0.456 e. The minimum absolute atomic E-state index is 0.0537. The fraction of sp³-hybridized carbons (Fsp3) is 0.303. The first-order valence-corrected chi connectivity index (χ1v) is 14.4. The molecule has 0 unspecified atom stereocenters. The van der Waals surface area contributed by atoms with Gasteiger partial charge in [0.2, 0.25) is 5.91 Å². The first-order valence-electron chi connectivity index (χ1n) is 14.4. The summed E-state index contributed by atoms with van der Waals surface area (Å²) < 4.78 is 12.7. The van der Waals surface area contributed by atoms with E-state index in [0.29, 0.717) is 36.6 Å². The van der Waals surface area contributed by atoms with Crippen molar-refractivity contribution in [3.05, 3.63) is 95.8 Å². The Kier molecular flexibility index (Phi) is 7.43. The number of pyridine rings is 1. The van der Waals surface area contributed by atoms with Gasteiger partial charge < -0.3 is 14.8 Å². The molecule has 1 aliphatic carbocycles. The molecule has 2 amide bonds. The second kappa shape index (κ2) is 11.4. The Morgan fingerprint density at radius 1 is 0.953 bits per heavy atom. The predicted molar refractivity (Wildman–Crippen MR) is 160 cm³/mol. The highest BCUT2D eigenvalue weighted by Gasteiger charge is 2.37. The molecule has 1 aliphatic heterocycles. The summed E-state index contributed by atoms with van der Waals surface area (Å²) in [5, 5.41) is 7.21. The van der Waals surface area contributed by atoms with E-state index < -0.39 is 23.7 Å². The van der Waals surface area contributed by atoms with Gasteiger partial charge in [-0.15, -0.1) is 5.10 Å². The monoisotopic (exact) mass is 579 g/mol. The molecule has 1 atom stereocenters. The van der Waals surface area contributed by atoms with Gasteiger partial charge in [0.1, 0.15) is 18.2 Å². The molecule has 0 spiro atoms. The molecule has 0 radical (unpaired) electrons. The van der Waals surface area contributed by atoms with E-state index in [1.807, 2.05) is 24.3 Å². The highest BCUT2D eigenvalue weighted by molar-refractivity contribution is 5.96. The van der Waals surface area contributed by atoms with E-state index in [9.17, 15) is 14.4 Å². The van der Waals surface area contributed by atoms with Crippen LogP contribution in [0.3, 0.4) is 0 Å². The second-order valence-corrected chi connectivity index (χ2v) is 11.7. The Hall–Kier alpha value is -4.99. The van der Waals surface area contributed by atoms with Crippen LogP contribution in [0, 0.1) is 0 Å². The van der Waals surface area contributed by atoms with Crippen LogP contribution in [0.4, 0.5) is 10.6 Å². The number of benzene rings is 2. The Bertz CT molecular complexity index is 1630. The van der Waals surface area contributed by atoms with Gasteiger partial charge in [0.05, 0.1) is 5.56 Å². The first-order chi connectivity index (χ1) is 20.7. The minimum atomic E-state index is -0.660. The van der Waals surface area contributed by atoms with Gasteiger partial charge >= 0.3 is 12.1 Å². The number of carbonyl (C=O) groups excluding carboxylic acids is 3. The Morgan fingerprint density at radius 2 is 1.65 bits per heavy atom. The van der Waals surface area contributed by atoms with E-state index in [4.69, 9.17) is 9.47 Å². The van der Waals surface area contributed by atoms with E-state index >= 15 is 0 Å². The molecule has 220 valence electrons. The lowest BCUT2D eigenvalue weighted by Gasteiger charge is -2.24. The van der Waals surface area contributed by atoms with Crippen LogP contribution >= 0.6 is 0 Å². The fourth-order valence-corrected chi connectivity index (χ4v) is 5.64. The summed E-state index contributed by atoms with van der Waals surface area (Å²) in [7, 11) is 0. The van der Waals surface area contributed by atoms with Crippen LogP contribution in [0.5, 0.6) is 0 Å². The van der Waals surface area contributed by atoms with Crippen molar-refractivity contribution in [2.45, 2.75) is 51.2 Å². The number of esters is 1. The number of ether oxygens (including phenoxy) is 2. The van der Waals surface area contributed by atoms with Crippen molar-refractivity contribution in [1.29, 1.82) is 0 Å². The minimum Gasteiger partial charge on any atom is -0.456 e. The van der Waals surface area contributed by atoms with Crippen LogP contribution in [0.1, 0.15) is 61.0 Å². The molecule has 1 N–H and O–H groups in total. The number of anilines is 1. The summed E-state index contributed by atoms with van der Waals surface area (Å²) in [6.07, 6.45) is 3.81. The van der Waals surface area contributed by atoms with Crippen molar-refractivity contribution in [3.8, 4) is 16.9 Å². The highest BCUT2D eigenvalue weighted by atomic mass is 16.6. The maximum absolute atomic E-state index is 13.2. The highest BCUT2D eigenvalue weighted by Crippen LogP contribution is 2.44. The van der Waals surface area contributed by atoms with Crippen molar-refractivity contribution >= 4 is 23.8 Å². The molecule has 10 heteroatoms. The van der Waals surface area contributed by atoms with E-state index in [1.54, 1.807) is 45.2 Å². The summed E-state index contributed by atoms with van der Waals surface area (Å²) in [5.41, 5.74) is 4.31. The van der Waals surface area contributed by atoms with Crippen LogP contribution in [0.15, 0.2) is 79.1 Å². The number of hydrogen-bond acceptors (Lipinski definition) is 7. The third-order valence-electron chi connectivity index (χ3n) is 7.58. The molecule has 1 fully saturated rings. The lowest BCUT2D eigenvalue weighted by atomic mass is 9.98. The van der Waals surface area contributed by atoms with Crippen LogP contribution in [-0.4, -0.2) is 62.4 Å².